The number of benzene rings is 1. The summed E-state index contributed by atoms with van der Waals surface area (Å²) in [5, 5.41) is 3.16. The topological polar surface area (TPSA) is 62.6 Å². The standard InChI is InChI=1S/C19H16F2N2O3S/c1-3-23(12-6-7-13(20)14(21)10-12)19(25)17-11(2)9-16(27-17)22-18(24)15-5-4-8-26-15/h4-10H,3H2,1-2H3,(H,22,24). The molecule has 0 saturated heterocycles. The van der Waals surface area contributed by atoms with E-state index < -0.39 is 17.5 Å². The summed E-state index contributed by atoms with van der Waals surface area (Å²) in [7, 11) is 0. The van der Waals surface area contributed by atoms with Crippen molar-refractivity contribution in [2.24, 2.45) is 0 Å². The molecule has 2 amide bonds. The molecule has 0 spiro atoms. The highest BCUT2D eigenvalue weighted by molar-refractivity contribution is 7.18. The van der Waals surface area contributed by atoms with Gasteiger partial charge in [0.2, 0.25) is 0 Å². The summed E-state index contributed by atoms with van der Waals surface area (Å²) in [6.07, 6.45) is 1.39. The van der Waals surface area contributed by atoms with Crippen LogP contribution in [0.1, 0.15) is 32.7 Å². The van der Waals surface area contributed by atoms with Gasteiger partial charge < -0.3 is 14.6 Å². The van der Waals surface area contributed by atoms with Crippen molar-refractivity contribution in [3.8, 4) is 0 Å². The highest BCUT2D eigenvalue weighted by atomic mass is 32.1. The summed E-state index contributed by atoms with van der Waals surface area (Å²) in [5.74, 6) is -2.62. The van der Waals surface area contributed by atoms with E-state index in [2.05, 4.69) is 5.32 Å². The van der Waals surface area contributed by atoms with Crippen molar-refractivity contribution < 1.29 is 22.8 Å². The van der Waals surface area contributed by atoms with Gasteiger partial charge in [-0.1, -0.05) is 0 Å². The zero-order valence-electron chi connectivity index (χ0n) is 14.6. The Bertz CT molecular complexity index is 983. The zero-order chi connectivity index (χ0) is 19.6. The van der Waals surface area contributed by atoms with Gasteiger partial charge in [0.1, 0.15) is 0 Å². The average Bonchev–Trinajstić information content (AvgIpc) is 3.28. The lowest BCUT2D eigenvalue weighted by molar-refractivity contribution is 0.0986. The van der Waals surface area contributed by atoms with Crippen LogP contribution in [0.2, 0.25) is 0 Å². The maximum Gasteiger partial charge on any atom is 0.291 e. The van der Waals surface area contributed by atoms with Gasteiger partial charge in [-0.3, -0.25) is 9.59 Å². The molecular weight excluding hydrogens is 374 g/mol. The summed E-state index contributed by atoms with van der Waals surface area (Å²) in [6.45, 7) is 3.75. The monoisotopic (exact) mass is 390 g/mol. The summed E-state index contributed by atoms with van der Waals surface area (Å²) in [4.78, 5) is 26.7. The van der Waals surface area contributed by atoms with Gasteiger partial charge in [-0.15, -0.1) is 11.3 Å². The summed E-state index contributed by atoms with van der Waals surface area (Å²) in [6, 6.07) is 8.13. The molecule has 140 valence electrons. The number of anilines is 2. The van der Waals surface area contributed by atoms with Crippen LogP contribution < -0.4 is 10.2 Å². The first-order valence-corrected chi connectivity index (χ1v) is 8.94. The minimum Gasteiger partial charge on any atom is -0.459 e. The second kappa shape index (κ2) is 7.71. The van der Waals surface area contributed by atoms with Crippen molar-refractivity contribution in [3.05, 3.63) is 70.5 Å². The number of hydrogen-bond acceptors (Lipinski definition) is 4. The first kappa shape index (κ1) is 18.8. The van der Waals surface area contributed by atoms with Crippen molar-refractivity contribution in [1.82, 2.24) is 0 Å². The van der Waals surface area contributed by atoms with Crippen LogP contribution in [0, 0.1) is 18.6 Å². The molecule has 1 aromatic carbocycles. The average molecular weight is 390 g/mol. The molecular formula is C19H16F2N2O3S. The third-order valence-corrected chi connectivity index (χ3v) is 5.01. The van der Waals surface area contributed by atoms with E-state index in [4.69, 9.17) is 4.42 Å². The van der Waals surface area contributed by atoms with Crippen LogP contribution in [-0.4, -0.2) is 18.4 Å². The lowest BCUT2D eigenvalue weighted by Crippen LogP contribution is -2.30. The Morgan fingerprint density at radius 3 is 2.59 bits per heavy atom. The smallest absolute Gasteiger partial charge is 0.291 e. The van der Waals surface area contributed by atoms with E-state index in [-0.39, 0.29) is 23.9 Å². The number of nitrogens with zero attached hydrogens (tertiary/aromatic N) is 1. The molecule has 2 heterocycles. The molecule has 2 aromatic heterocycles. The molecule has 3 rings (SSSR count). The lowest BCUT2D eigenvalue weighted by Gasteiger charge is -2.21. The summed E-state index contributed by atoms with van der Waals surface area (Å²) < 4.78 is 31.7. The number of rotatable bonds is 5. The maximum atomic E-state index is 13.5. The molecule has 5 nitrogen and oxygen atoms in total. The van der Waals surface area contributed by atoms with Crippen molar-refractivity contribution >= 4 is 33.8 Å². The van der Waals surface area contributed by atoms with Gasteiger partial charge in [0.15, 0.2) is 17.4 Å². The molecule has 0 radical (unpaired) electrons. The van der Waals surface area contributed by atoms with Gasteiger partial charge >= 0.3 is 0 Å². The fourth-order valence-electron chi connectivity index (χ4n) is 2.56. The molecule has 0 fully saturated rings. The Balaban J connectivity index is 1.84. The first-order chi connectivity index (χ1) is 12.9. The third-order valence-electron chi connectivity index (χ3n) is 3.87. The molecule has 0 bridgehead atoms. The van der Waals surface area contributed by atoms with Crippen molar-refractivity contribution in [2.75, 3.05) is 16.8 Å². The summed E-state index contributed by atoms with van der Waals surface area (Å²) in [5.41, 5.74) is 0.927. The molecule has 8 heteroatoms. The largest absolute Gasteiger partial charge is 0.459 e. The number of hydrogen-bond donors (Lipinski definition) is 1. The second-order valence-electron chi connectivity index (χ2n) is 5.70. The first-order valence-electron chi connectivity index (χ1n) is 8.13. The van der Waals surface area contributed by atoms with Crippen molar-refractivity contribution in [1.29, 1.82) is 0 Å². The Kier molecular flexibility index (Phi) is 5.36. The minimum atomic E-state index is -1.02. The number of carbonyl (C=O) groups is 2. The van der Waals surface area contributed by atoms with Gasteiger partial charge in [-0.2, -0.15) is 0 Å². The maximum absolute atomic E-state index is 13.5. The molecule has 0 aliphatic heterocycles. The van der Waals surface area contributed by atoms with E-state index in [1.165, 1.54) is 23.3 Å². The van der Waals surface area contributed by atoms with Crippen LogP contribution in [0.5, 0.6) is 0 Å². The van der Waals surface area contributed by atoms with Crippen LogP contribution in [-0.2, 0) is 0 Å². The van der Waals surface area contributed by atoms with E-state index in [1.54, 1.807) is 26.0 Å². The number of aryl methyl sites for hydroxylation is 1. The third kappa shape index (κ3) is 3.90. The van der Waals surface area contributed by atoms with E-state index in [0.29, 0.717) is 15.4 Å². The van der Waals surface area contributed by atoms with Gasteiger partial charge in [0.25, 0.3) is 11.8 Å². The van der Waals surface area contributed by atoms with E-state index in [0.717, 1.165) is 23.5 Å². The molecule has 0 aliphatic carbocycles. The Labute approximate surface area is 158 Å². The molecule has 0 atom stereocenters. The van der Waals surface area contributed by atoms with Crippen LogP contribution in [0.15, 0.2) is 47.1 Å². The number of amides is 2. The molecule has 3 aromatic rings. The van der Waals surface area contributed by atoms with Crippen LogP contribution >= 0.6 is 11.3 Å². The number of thiophene rings is 1. The molecule has 0 unspecified atom stereocenters. The minimum absolute atomic E-state index is 0.158. The number of furan rings is 1. The second-order valence-corrected chi connectivity index (χ2v) is 6.75. The number of halogens is 2. The van der Waals surface area contributed by atoms with Crippen LogP contribution in [0.4, 0.5) is 19.5 Å². The fraction of sp³-hybridized carbons (Fsp3) is 0.158. The normalized spacial score (nSPS) is 10.7. The van der Waals surface area contributed by atoms with Gasteiger partial charge in [-0.05, 0) is 49.7 Å². The highest BCUT2D eigenvalue weighted by Gasteiger charge is 2.22. The molecule has 27 heavy (non-hydrogen) atoms. The van der Waals surface area contributed by atoms with E-state index in [9.17, 15) is 18.4 Å². The van der Waals surface area contributed by atoms with Gasteiger partial charge in [-0.25, -0.2) is 8.78 Å². The highest BCUT2D eigenvalue weighted by Crippen LogP contribution is 2.30. The Morgan fingerprint density at radius 1 is 1.19 bits per heavy atom. The Hall–Kier alpha value is -3.00. The van der Waals surface area contributed by atoms with E-state index in [1.807, 2.05) is 0 Å². The van der Waals surface area contributed by atoms with Gasteiger partial charge in [0, 0.05) is 18.3 Å². The van der Waals surface area contributed by atoms with Crippen LogP contribution in [0.25, 0.3) is 0 Å². The van der Waals surface area contributed by atoms with Crippen molar-refractivity contribution in [2.45, 2.75) is 13.8 Å². The molecule has 0 aliphatic rings. The molecule has 0 saturated carbocycles. The fourth-order valence-corrected chi connectivity index (χ4v) is 3.57. The zero-order valence-corrected chi connectivity index (χ0v) is 15.4. The van der Waals surface area contributed by atoms with Crippen molar-refractivity contribution in [3.63, 3.8) is 0 Å². The van der Waals surface area contributed by atoms with Gasteiger partial charge in [0.05, 0.1) is 16.1 Å². The summed E-state index contributed by atoms with van der Waals surface area (Å²) >= 11 is 1.11. The van der Waals surface area contributed by atoms with Crippen LogP contribution in [0.3, 0.4) is 0 Å². The quantitative estimate of drug-likeness (QED) is 0.678. The predicted molar refractivity (Wildman–Crippen MR) is 99.4 cm³/mol. The number of nitrogens with one attached hydrogen (secondary N) is 1. The number of carbonyl (C=O) groups excluding carboxylic acids is 2. The SMILES string of the molecule is CCN(C(=O)c1sc(NC(=O)c2ccco2)cc1C)c1ccc(F)c(F)c1. The predicted octanol–water partition coefficient (Wildman–Crippen LogP) is 4.85. The Morgan fingerprint density at radius 2 is 1.96 bits per heavy atom. The lowest BCUT2D eigenvalue weighted by atomic mass is 10.2. The van der Waals surface area contributed by atoms with E-state index >= 15 is 0 Å². The molecule has 1 N–H and O–H groups in total.